The molecule has 0 aliphatic carbocycles. The summed E-state index contributed by atoms with van der Waals surface area (Å²) in [5.74, 6) is -0.680. The van der Waals surface area contributed by atoms with Gasteiger partial charge in [0.25, 0.3) is 0 Å². The largest absolute Gasteiger partial charge is 0.326 e. The molecule has 4 heteroatoms. The van der Waals surface area contributed by atoms with Crippen LogP contribution < -0.4 is 5.73 Å². The molecule has 0 saturated heterocycles. The number of carbonyl (C=O) groups is 1. The third-order valence-corrected chi connectivity index (χ3v) is 3.19. The Hall–Kier alpha value is -1.71. The summed E-state index contributed by atoms with van der Waals surface area (Å²) in [6.45, 7) is 0.428. The first kappa shape index (κ1) is 13.7. The lowest BCUT2D eigenvalue weighted by Gasteiger charge is -2.05. The Balaban J connectivity index is 2.18. The number of halogens is 2. The maximum absolute atomic E-state index is 13.7. The second-order valence-corrected chi connectivity index (χ2v) is 4.62. The van der Waals surface area contributed by atoms with Crippen LogP contribution in [0.3, 0.4) is 0 Å². The molecule has 0 saturated carbocycles. The van der Waals surface area contributed by atoms with Gasteiger partial charge in [0.2, 0.25) is 0 Å². The number of Topliss-reactive ketones (excluding diaryl/α,β-unsaturated/α-hetero) is 1. The van der Waals surface area contributed by atoms with E-state index in [9.17, 15) is 9.18 Å². The van der Waals surface area contributed by atoms with Crippen LogP contribution in [-0.4, -0.2) is 5.78 Å². The number of ketones is 1. The van der Waals surface area contributed by atoms with Crippen molar-refractivity contribution in [2.24, 2.45) is 5.73 Å². The van der Waals surface area contributed by atoms with Crippen molar-refractivity contribution in [3.8, 4) is 0 Å². The normalized spacial score (nSPS) is 10.5. The van der Waals surface area contributed by atoms with E-state index in [1.807, 2.05) is 0 Å². The molecule has 2 N–H and O–H groups in total. The summed E-state index contributed by atoms with van der Waals surface area (Å²) in [7, 11) is 0. The smallest absolute Gasteiger partial charge is 0.167 e. The van der Waals surface area contributed by atoms with E-state index in [0.717, 1.165) is 5.56 Å². The van der Waals surface area contributed by atoms with E-state index in [-0.39, 0.29) is 17.2 Å². The third kappa shape index (κ3) is 3.19. The van der Waals surface area contributed by atoms with Crippen LogP contribution in [-0.2, 0) is 13.0 Å². The predicted molar refractivity (Wildman–Crippen MR) is 73.8 cm³/mol. The van der Waals surface area contributed by atoms with Gasteiger partial charge in [-0.25, -0.2) is 4.39 Å². The summed E-state index contributed by atoms with van der Waals surface area (Å²) < 4.78 is 13.7. The number of rotatable bonds is 4. The van der Waals surface area contributed by atoms with Crippen LogP contribution in [0.4, 0.5) is 4.39 Å². The van der Waals surface area contributed by atoms with E-state index in [1.165, 1.54) is 6.07 Å². The first-order chi connectivity index (χ1) is 9.11. The Bertz CT molecular complexity index is 596. The summed E-state index contributed by atoms with van der Waals surface area (Å²) in [5.41, 5.74) is 7.28. The lowest BCUT2D eigenvalue weighted by Crippen LogP contribution is -2.06. The van der Waals surface area contributed by atoms with E-state index >= 15 is 0 Å². The summed E-state index contributed by atoms with van der Waals surface area (Å²) in [4.78, 5) is 12.0. The Morgan fingerprint density at radius 3 is 2.47 bits per heavy atom. The van der Waals surface area contributed by atoms with Crippen molar-refractivity contribution >= 4 is 17.4 Å². The number of hydrogen-bond donors (Lipinski definition) is 1. The van der Waals surface area contributed by atoms with Crippen LogP contribution in [0.1, 0.15) is 21.5 Å². The van der Waals surface area contributed by atoms with Gasteiger partial charge in [0.15, 0.2) is 5.78 Å². The monoisotopic (exact) mass is 277 g/mol. The van der Waals surface area contributed by atoms with Crippen molar-refractivity contribution in [2.75, 3.05) is 0 Å². The molecule has 0 atom stereocenters. The van der Waals surface area contributed by atoms with Gasteiger partial charge in [-0.3, -0.25) is 4.79 Å². The molecular weight excluding hydrogens is 265 g/mol. The highest BCUT2D eigenvalue weighted by Gasteiger charge is 2.12. The molecule has 0 aliphatic heterocycles. The van der Waals surface area contributed by atoms with E-state index in [1.54, 1.807) is 36.4 Å². The molecule has 0 bridgehead atoms. The minimum absolute atomic E-state index is 0.00559. The molecule has 0 aromatic heterocycles. The molecule has 0 aliphatic rings. The van der Waals surface area contributed by atoms with Gasteiger partial charge in [0.05, 0.1) is 5.02 Å². The number of benzene rings is 2. The molecule has 2 aromatic rings. The van der Waals surface area contributed by atoms with Crippen molar-refractivity contribution in [2.45, 2.75) is 13.0 Å². The van der Waals surface area contributed by atoms with Crippen LogP contribution in [0, 0.1) is 5.82 Å². The first-order valence-corrected chi connectivity index (χ1v) is 6.24. The zero-order valence-electron chi connectivity index (χ0n) is 10.2. The number of carbonyl (C=O) groups excluding carboxylic acids is 1. The van der Waals surface area contributed by atoms with Gasteiger partial charge in [0.1, 0.15) is 5.82 Å². The molecule has 98 valence electrons. The highest BCUT2D eigenvalue weighted by atomic mass is 35.5. The number of hydrogen-bond acceptors (Lipinski definition) is 2. The summed E-state index contributed by atoms with van der Waals surface area (Å²) in [6.07, 6.45) is -0.00559. The molecule has 2 nitrogen and oxygen atoms in total. The van der Waals surface area contributed by atoms with Gasteiger partial charge < -0.3 is 5.73 Å². The molecular formula is C15H13ClFNO. The minimum atomic E-state index is -0.531. The van der Waals surface area contributed by atoms with Crippen molar-refractivity contribution in [3.63, 3.8) is 0 Å². The highest BCUT2D eigenvalue weighted by Crippen LogP contribution is 2.19. The van der Waals surface area contributed by atoms with Crippen LogP contribution in [0.15, 0.2) is 42.5 Å². The van der Waals surface area contributed by atoms with Crippen LogP contribution >= 0.6 is 11.6 Å². The average Bonchev–Trinajstić information content (AvgIpc) is 2.44. The Labute approximate surface area is 116 Å². The van der Waals surface area contributed by atoms with Crippen LogP contribution in [0.2, 0.25) is 5.02 Å². The standard InChI is InChI=1S/C15H13ClFNO/c16-13-3-1-2-12(15(13)17)8-14(19)11-6-4-10(9-18)5-7-11/h1-7H,8-9,18H2. The fraction of sp³-hybridized carbons (Fsp3) is 0.133. The Kier molecular flexibility index (Phi) is 4.30. The van der Waals surface area contributed by atoms with Crippen LogP contribution in [0.25, 0.3) is 0 Å². The van der Waals surface area contributed by atoms with E-state index in [0.29, 0.717) is 17.7 Å². The van der Waals surface area contributed by atoms with E-state index in [4.69, 9.17) is 17.3 Å². The van der Waals surface area contributed by atoms with Crippen molar-refractivity contribution in [1.29, 1.82) is 0 Å². The minimum Gasteiger partial charge on any atom is -0.326 e. The number of nitrogens with two attached hydrogens (primary N) is 1. The van der Waals surface area contributed by atoms with Gasteiger partial charge in [-0.2, -0.15) is 0 Å². The SMILES string of the molecule is NCc1ccc(C(=O)Cc2cccc(Cl)c2F)cc1. The molecule has 0 radical (unpaired) electrons. The highest BCUT2D eigenvalue weighted by molar-refractivity contribution is 6.30. The second-order valence-electron chi connectivity index (χ2n) is 4.21. The van der Waals surface area contributed by atoms with Crippen molar-refractivity contribution in [3.05, 3.63) is 70.0 Å². The lowest BCUT2D eigenvalue weighted by atomic mass is 10.0. The van der Waals surface area contributed by atoms with Gasteiger partial charge in [-0.05, 0) is 17.2 Å². The quantitative estimate of drug-likeness (QED) is 0.871. The molecule has 0 unspecified atom stereocenters. The maximum atomic E-state index is 13.7. The van der Waals surface area contributed by atoms with Gasteiger partial charge in [-0.1, -0.05) is 48.0 Å². The lowest BCUT2D eigenvalue weighted by molar-refractivity contribution is 0.0992. The zero-order valence-corrected chi connectivity index (χ0v) is 11.0. The van der Waals surface area contributed by atoms with E-state index in [2.05, 4.69) is 0 Å². The van der Waals surface area contributed by atoms with Gasteiger partial charge in [-0.15, -0.1) is 0 Å². The van der Waals surface area contributed by atoms with Crippen LogP contribution in [0.5, 0.6) is 0 Å². The first-order valence-electron chi connectivity index (χ1n) is 5.87. The van der Waals surface area contributed by atoms with Gasteiger partial charge in [0, 0.05) is 18.5 Å². The zero-order chi connectivity index (χ0) is 13.8. The molecule has 0 amide bonds. The topological polar surface area (TPSA) is 43.1 Å². The van der Waals surface area contributed by atoms with Crippen molar-refractivity contribution in [1.82, 2.24) is 0 Å². The van der Waals surface area contributed by atoms with Crippen molar-refractivity contribution < 1.29 is 9.18 Å². The third-order valence-electron chi connectivity index (χ3n) is 2.89. The molecule has 19 heavy (non-hydrogen) atoms. The van der Waals surface area contributed by atoms with Gasteiger partial charge >= 0.3 is 0 Å². The molecule has 2 rings (SSSR count). The summed E-state index contributed by atoms with van der Waals surface area (Å²) in [5, 5.41) is 0.0313. The predicted octanol–water partition coefficient (Wildman–Crippen LogP) is 3.36. The molecule has 0 heterocycles. The second kappa shape index (κ2) is 5.95. The Morgan fingerprint density at radius 1 is 1.16 bits per heavy atom. The summed E-state index contributed by atoms with van der Waals surface area (Å²) >= 11 is 5.68. The maximum Gasteiger partial charge on any atom is 0.167 e. The average molecular weight is 278 g/mol. The van der Waals surface area contributed by atoms with E-state index < -0.39 is 5.82 Å². The molecule has 2 aromatic carbocycles. The fourth-order valence-corrected chi connectivity index (χ4v) is 1.98. The molecule has 0 spiro atoms. The Morgan fingerprint density at radius 2 is 1.84 bits per heavy atom. The summed E-state index contributed by atoms with van der Waals surface area (Å²) in [6, 6.07) is 11.6. The molecule has 0 fully saturated rings. The fourth-order valence-electron chi connectivity index (χ4n) is 1.79.